The van der Waals surface area contributed by atoms with Crippen molar-refractivity contribution in [2.75, 3.05) is 31.6 Å². The summed E-state index contributed by atoms with van der Waals surface area (Å²) in [4.78, 5) is 11.2. The van der Waals surface area contributed by atoms with Crippen molar-refractivity contribution in [1.82, 2.24) is 10.6 Å². The molecule has 0 aliphatic carbocycles. The van der Waals surface area contributed by atoms with Gasteiger partial charge >= 0.3 is 0 Å². The van der Waals surface area contributed by atoms with Gasteiger partial charge in [0.25, 0.3) is 0 Å². The Hall–Kier alpha value is -0.330. The van der Waals surface area contributed by atoms with Gasteiger partial charge in [-0.05, 0) is 19.4 Å². The Labute approximate surface area is 110 Å². The molecule has 0 aliphatic heterocycles. The quantitative estimate of drug-likeness (QED) is 0.600. The average Bonchev–Trinajstić information content (AvgIpc) is 2.15. The van der Waals surface area contributed by atoms with Crippen molar-refractivity contribution in [3.63, 3.8) is 0 Å². The van der Waals surface area contributed by atoms with E-state index in [9.17, 15) is 13.2 Å². The number of carbonyl (C=O) groups is 1. The molecule has 0 fully saturated rings. The molecule has 2 N–H and O–H groups in total. The van der Waals surface area contributed by atoms with Crippen LogP contribution in [0, 0.1) is 0 Å². The van der Waals surface area contributed by atoms with E-state index in [2.05, 4.69) is 17.6 Å². The van der Waals surface area contributed by atoms with Gasteiger partial charge < -0.3 is 10.6 Å². The maximum absolute atomic E-state index is 11.2. The molecule has 5 nitrogen and oxygen atoms in total. The Morgan fingerprint density at radius 2 is 1.82 bits per heavy atom. The van der Waals surface area contributed by atoms with E-state index in [0.29, 0.717) is 13.0 Å². The van der Waals surface area contributed by atoms with E-state index in [-0.39, 0.29) is 30.5 Å². The number of carbonyl (C=O) groups excluding carboxylic acids is 1. The van der Waals surface area contributed by atoms with E-state index in [1.807, 2.05) is 0 Å². The van der Waals surface area contributed by atoms with Gasteiger partial charge in [0.05, 0.1) is 5.75 Å². The summed E-state index contributed by atoms with van der Waals surface area (Å²) in [5.74, 6) is -0.00365. The number of sulfone groups is 1. The number of rotatable bonds is 9. The maximum atomic E-state index is 11.2. The molecule has 0 saturated carbocycles. The third-order valence-electron chi connectivity index (χ3n) is 1.97. The van der Waals surface area contributed by atoms with Crippen molar-refractivity contribution in [3.05, 3.63) is 0 Å². The first-order valence-corrected chi connectivity index (χ1v) is 7.67. The van der Waals surface area contributed by atoms with E-state index < -0.39 is 9.84 Å². The van der Waals surface area contributed by atoms with Gasteiger partial charge in [0.2, 0.25) is 5.91 Å². The zero-order valence-electron chi connectivity index (χ0n) is 10.5. The Bertz CT molecular complexity index is 294. The average molecular weight is 287 g/mol. The van der Waals surface area contributed by atoms with Crippen LogP contribution >= 0.6 is 12.4 Å². The van der Waals surface area contributed by atoms with Gasteiger partial charge in [-0.1, -0.05) is 6.92 Å². The van der Waals surface area contributed by atoms with Crippen LogP contribution in [0.2, 0.25) is 0 Å². The Kier molecular flexibility index (Phi) is 12.1. The van der Waals surface area contributed by atoms with E-state index in [0.717, 1.165) is 19.5 Å². The fourth-order valence-electron chi connectivity index (χ4n) is 1.18. The molecule has 104 valence electrons. The molecule has 0 aliphatic rings. The lowest BCUT2D eigenvalue weighted by Crippen LogP contribution is -2.32. The van der Waals surface area contributed by atoms with Gasteiger partial charge in [-0.2, -0.15) is 0 Å². The molecular formula is C10H23ClN2O3S. The summed E-state index contributed by atoms with van der Waals surface area (Å²) >= 11 is 0. The van der Waals surface area contributed by atoms with Gasteiger partial charge in [-0.3, -0.25) is 4.79 Å². The van der Waals surface area contributed by atoms with Gasteiger partial charge in [0.15, 0.2) is 0 Å². The predicted octanol–water partition coefficient (Wildman–Crippen LogP) is 0.349. The van der Waals surface area contributed by atoms with Crippen molar-refractivity contribution in [3.8, 4) is 0 Å². The molecule has 0 aromatic carbocycles. The topological polar surface area (TPSA) is 75.3 Å². The minimum Gasteiger partial charge on any atom is -0.355 e. The van der Waals surface area contributed by atoms with Gasteiger partial charge in [-0.15, -0.1) is 12.4 Å². The van der Waals surface area contributed by atoms with Crippen molar-refractivity contribution >= 4 is 28.2 Å². The first-order chi connectivity index (χ1) is 7.45. The summed E-state index contributed by atoms with van der Waals surface area (Å²) in [5, 5.41) is 5.89. The molecular weight excluding hydrogens is 264 g/mol. The second kappa shape index (κ2) is 10.8. The summed E-state index contributed by atoms with van der Waals surface area (Å²) in [7, 11) is -2.94. The van der Waals surface area contributed by atoms with Crippen LogP contribution in [0.4, 0.5) is 0 Å². The van der Waals surface area contributed by atoms with Gasteiger partial charge in [0.1, 0.15) is 9.84 Å². The van der Waals surface area contributed by atoms with Crippen molar-refractivity contribution in [2.24, 2.45) is 0 Å². The lowest BCUT2D eigenvalue weighted by atomic mass is 10.3. The number of halogens is 1. The van der Waals surface area contributed by atoms with E-state index in [4.69, 9.17) is 0 Å². The molecule has 0 radical (unpaired) electrons. The highest BCUT2D eigenvalue weighted by Gasteiger charge is 2.05. The third kappa shape index (κ3) is 15.7. The van der Waals surface area contributed by atoms with Crippen molar-refractivity contribution < 1.29 is 13.2 Å². The minimum absolute atomic E-state index is 0. The van der Waals surface area contributed by atoms with Crippen LogP contribution in [0.25, 0.3) is 0 Å². The Morgan fingerprint density at radius 1 is 1.18 bits per heavy atom. The molecule has 0 aromatic rings. The monoisotopic (exact) mass is 286 g/mol. The lowest BCUT2D eigenvalue weighted by Gasteiger charge is -2.05. The summed E-state index contributed by atoms with van der Waals surface area (Å²) in [5.41, 5.74) is 0. The summed E-state index contributed by atoms with van der Waals surface area (Å²) in [6.45, 7) is 4.38. The number of hydrogen-bond donors (Lipinski definition) is 2. The highest BCUT2D eigenvalue weighted by molar-refractivity contribution is 7.90. The molecule has 0 heterocycles. The van der Waals surface area contributed by atoms with Crippen molar-refractivity contribution in [1.29, 1.82) is 0 Å². The highest BCUT2D eigenvalue weighted by atomic mass is 35.5. The maximum Gasteiger partial charge on any atom is 0.220 e. The number of nitrogens with one attached hydrogen (secondary N) is 2. The molecule has 0 spiro atoms. The molecule has 0 bridgehead atoms. The molecule has 1 amide bonds. The van der Waals surface area contributed by atoms with E-state index >= 15 is 0 Å². The van der Waals surface area contributed by atoms with Crippen LogP contribution in [-0.2, 0) is 14.6 Å². The normalized spacial score (nSPS) is 10.7. The standard InChI is InChI=1S/C10H22N2O3S.ClH/c1-3-6-11-7-8-12-10(13)5-4-9-16(2,14)15;/h11H,3-9H2,1-2H3,(H,12,13);1H. The van der Waals surface area contributed by atoms with E-state index in [1.54, 1.807) is 0 Å². The fourth-order valence-corrected chi connectivity index (χ4v) is 1.84. The molecule has 0 saturated heterocycles. The van der Waals surface area contributed by atoms with Gasteiger partial charge in [0, 0.05) is 25.8 Å². The molecule has 0 atom stereocenters. The highest BCUT2D eigenvalue weighted by Crippen LogP contribution is 1.93. The molecule has 0 unspecified atom stereocenters. The summed E-state index contributed by atoms with van der Waals surface area (Å²) in [6, 6.07) is 0. The predicted molar refractivity (Wildman–Crippen MR) is 72.4 cm³/mol. The third-order valence-corrected chi connectivity index (χ3v) is 3.00. The van der Waals surface area contributed by atoms with Crippen LogP contribution in [0.5, 0.6) is 0 Å². The lowest BCUT2D eigenvalue weighted by molar-refractivity contribution is -0.121. The summed E-state index contributed by atoms with van der Waals surface area (Å²) < 4.78 is 21.6. The van der Waals surface area contributed by atoms with Crippen LogP contribution in [0.15, 0.2) is 0 Å². The van der Waals surface area contributed by atoms with Gasteiger partial charge in [-0.25, -0.2) is 8.42 Å². The largest absolute Gasteiger partial charge is 0.355 e. The molecule has 0 rings (SSSR count). The summed E-state index contributed by atoms with van der Waals surface area (Å²) in [6.07, 6.45) is 2.93. The molecule has 0 aromatic heterocycles. The minimum atomic E-state index is -2.94. The molecule has 17 heavy (non-hydrogen) atoms. The first-order valence-electron chi connectivity index (χ1n) is 5.61. The van der Waals surface area contributed by atoms with Crippen LogP contribution in [0.3, 0.4) is 0 Å². The Morgan fingerprint density at radius 3 is 2.35 bits per heavy atom. The van der Waals surface area contributed by atoms with Crippen LogP contribution in [0.1, 0.15) is 26.2 Å². The number of hydrogen-bond acceptors (Lipinski definition) is 4. The fraction of sp³-hybridized carbons (Fsp3) is 0.900. The second-order valence-corrected chi connectivity index (χ2v) is 6.09. The SMILES string of the molecule is CCCNCCNC(=O)CCCS(C)(=O)=O.Cl. The van der Waals surface area contributed by atoms with Crippen molar-refractivity contribution in [2.45, 2.75) is 26.2 Å². The second-order valence-electron chi connectivity index (χ2n) is 3.83. The van der Waals surface area contributed by atoms with Crippen LogP contribution in [-0.4, -0.2) is 46.0 Å². The van der Waals surface area contributed by atoms with Crippen LogP contribution < -0.4 is 10.6 Å². The molecule has 7 heteroatoms. The first kappa shape index (κ1) is 19.0. The Balaban J connectivity index is 0. The smallest absolute Gasteiger partial charge is 0.220 e. The number of amides is 1. The zero-order chi connectivity index (χ0) is 12.4. The van der Waals surface area contributed by atoms with E-state index in [1.165, 1.54) is 6.26 Å². The zero-order valence-corrected chi connectivity index (χ0v) is 12.1.